The van der Waals surface area contributed by atoms with Gasteiger partial charge in [0.25, 0.3) is 0 Å². The van der Waals surface area contributed by atoms with E-state index in [1.807, 2.05) is 20.8 Å². The predicted molar refractivity (Wildman–Crippen MR) is 76.7 cm³/mol. The molecule has 0 saturated carbocycles. The minimum Gasteiger partial charge on any atom is -0.342 e. The Kier molecular flexibility index (Phi) is 6.32. The maximum absolute atomic E-state index is 12.4. The van der Waals surface area contributed by atoms with Crippen LogP contribution in [0, 0.1) is 5.92 Å². The van der Waals surface area contributed by atoms with E-state index in [1.165, 1.54) is 19.3 Å². The summed E-state index contributed by atoms with van der Waals surface area (Å²) >= 11 is 0. The lowest BCUT2D eigenvalue weighted by molar-refractivity contribution is -0.149. The number of amides is 2. The molecule has 0 radical (unpaired) electrons. The van der Waals surface area contributed by atoms with Gasteiger partial charge in [0.05, 0.1) is 0 Å². The Morgan fingerprint density at radius 1 is 1.16 bits per heavy atom. The van der Waals surface area contributed by atoms with E-state index in [4.69, 9.17) is 0 Å². The van der Waals surface area contributed by atoms with Crippen molar-refractivity contribution in [2.45, 2.75) is 71.9 Å². The van der Waals surface area contributed by atoms with Crippen LogP contribution >= 0.6 is 0 Å². The number of hydrogen-bond acceptors (Lipinski definition) is 2. The van der Waals surface area contributed by atoms with Crippen molar-refractivity contribution in [1.82, 2.24) is 10.2 Å². The number of nitrogens with zero attached hydrogens (tertiary/aromatic N) is 1. The molecule has 4 heteroatoms. The second kappa shape index (κ2) is 7.51. The maximum atomic E-state index is 12.4. The van der Waals surface area contributed by atoms with Crippen molar-refractivity contribution in [3.8, 4) is 0 Å². The molecule has 2 amide bonds. The second-order valence-corrected chi connectivity index (χ2v) is 5.85. The average Bonchev–Trinajstić information content (AvgIpc) is 2.36. The maximum Gasteiger partial charge on any atom is 0.246 e. The van der Waals surface area contributed by atoms with Crippen LogP contribution in [0.1, 0.15) is 59.8 Å². The van der Waals surface area contributed by atoms with Gasteiger partial charge in [-0.15, -0.1) is 0 Å². The number of rotatable bonds is 7. The van der Waals surface area contributed by atoms with E-state index in [9.17, 15) is 9.59 Å². The molecule has 1 saturated heterocycles. The van der Waals surface area contributed by atoms with Gasteiger partial charge in [0.1, 0.15) is 12.1 Å². The third kappa shape index (κ3) is 4.22. The number of piperazine rings is 1. The predicted octanol–water partition coefficient (Wildman–Crippen LogP) is 2.33. The van der Waals surface area contributed by atoms with Crippen LogP contribution in [0.25, 0.3) is 0 Å². The number of nitrogens with one attached hydrogen (secondary N) is 1. The van der Waals surface area contributed by atoms with Crippen LogP contribution in [0.5, 0.6) is 0 Å². The van der Waals surface area contributed by atoms with E-state index in [1.54, 1.807) is 4.90 Å². The summed E-state index contributed by atoms with van der Waals surface area (Å²) in [6.45, 7) is 8.65. The Labute approximate surface area is 116 Å². The smallest absolute Gasteiger partial charge is 0.246 e. The Morgan fingerprint density at radius 3 is 2.37 bits per heavy atom. The molecule has 2 atom stereocenters. The zero-order valence-electron chi connectivity index (χ0n) is 12.7. The van der Waals surface area contributed by atoms with E-state index in [2.05, 4.69) is 12.2 Å². The number of hydrogen-bond donors (Lipinski definition) is 1. The minimum atomic E-state index is -0.348. The SMILES string of the molecule is CCCCCCCN1C(=O)C(C(C)C)NC(=O)C1C. The molecule has 1 fully saturated rings. The topological polar surface area (TPSA) is 49.4 Å². The van der Waals surface area contributed by atoms with Gasteiger partial charge >= 0.3 is 0 Å². The molecular weight excluding hydrogens is 240 g/mol. The van der Waals surface area contributed by atoms with E-state index < -0.39 is 0 Å². The first kappa shape index (κ1) is 16.0. The summed E-state index contributed by atoms with van der Waals surface area (Å²) in [4.78, 5) is 26.0. The van der Waals surface area contributed by atoms with Crippen molar-refractivity contribution in [2.24, 2.45) is 5.92 Å². The number of carbonyl (C=O) groups is 2. The molecule has 0 aromatic heterocycles. The highest BCUT2D eigenvalue weighted by atomic mass is 16.2. The molecule has 1 rings (SSSR count). The van der Waals surface area contributed by atoms with Gasteiger partial charge in [-0.3, -0.25) is 9.59 Å². The van der Waals surface area contributed by atoms with Crippen LogP contribution in [-0.2, 0) is 9.59 Å². The fraction of sp³-hybridized carbons (Fsp3) is 0.867. The monoisotopic (exact) mass is 268 g/mol. The second-order valence-electron chi connectivity index (χ2n) is 5.85. The first-order chi connectivity index (χ1) is 8.99. The molecule has 2 unspecified atom stereocenters. The fourth-order valence-corrected chi connectivity index (χ4v) is 2.49. The van der Waals surface area contributed by atoms with Crippen molar-refractivity contribution in [1.29, 1.82) is 0 Å². The summed E-state index contributed by atoms with van der Waals surface area (Å²) in [5, 5.41) is 2.83. The Morgan fingerprint density at radius 2 is 1.79 bits per heavy atom. The Hall–Kier alpha value is -1.06. The zero-order valence-corrected chi connectivity index (χ0v) is 12.7. The van der Waals surface area contributed by atoms with E-state index in [0.717, 1.165) is 12.8 Å². The third-order valence-corrected chi connectivity index (χ3v) is 3.86. The molecule has 19 heavy (non-hydrogen) atoms. The molecule has 1 aliphatic rings. The van der Waals surface area contributed by atoms with Crippen molar-refractivity contribution < 1.29 is 9.59 Å². The van der Waals surface area contributed by atoms with Crippen molar-refractivity contribution >= 4 is 11.8 Å². The first-order valence-electron chi connectivity index (χ1n) is 7.59. The van der Waals surface area contributed by atoms with Gasteiger partial charge < -0.3 is 10.2 Å². The van der Waals surface area contributed by atoms with E-state index in [0.29, 0.717) is 6.54 Å². The molecule has 0 spiro atoms. The molecule has 110 valence electrons. The Bertz CT molecular complexity index is 315. The van der Waals surface area contributed by atoms with E-state index >= 15 is 0 Å². The lowest BCUT2D eigenvalue weighted by atomic mass is 9.98. The molecule has 0 aromatic carbocycles. The molecular formula is C15H28N2O2. The van der Waals surface area contributed by atoms with Crippen LogP contribution in [0.15, 0.2) is 0 Å². The van der Waals surface area contributed by atoms with Gasteiger partial charge in [-0.25, -0.2) is 0 Å². The molecule has 1 aliphatic heterocycles. The van der Waals surface area contributed by atoms with E-state index in [-0.39, 0.29) is 29.8 Å². The van der Waals surface area contributed by atoms with Crippen molar-refractivity contribution in [3.05, 3.63) is 0 Å². The molecule has 1 N–H and O–H groups in total. The van der Waals surface area contributed by atoms with Crippen LogP contribution in [-0.4, -0.2) is 35.3 Å². The van der Waals surface area contributed by atoms with Crippen molar-refractivity contribution in [2.75, 3.05) is 6.54 Å². The van der Waals surface area contributed by atoms with Crippen LogP contribution in [0.2, 0.25) is 0 Å². The first-order valence-corrected chi connectivity index (χ1v) is 7.59. The molecule has 1 heterocycles. The number of unbranched alkanes of at least 4 members (excludes halogenated alkanes) is 4. The largest absolute Gasteiger partial charge is 0.342 e. The molecule has 0 aliphatic carbocycles. The van der Waals surface area contributed by atoms with Crippen LogP contribution in [0.4, 0.5) is 0 Å². The van der Waals surface area contributed by atoms with Crippen LogP contribution < -0.4 is 5.32 Å². The lowest BCUT2D eigenvalue weighted by Crippen LogP contribution is -2.63. The average molecular weight is 268 g/mol. The number of carbonyl (C=O) groups excluding carboxylic acids is 2. The summed E-state index contributed by atoms with van der Waals surface area (Å²) in [6, 6.07) is -0.673. The highest BCUT2D eigenvalue weighted by Crippen LogP contribution is 2.16. The normalized spacial score (nSPS) is 23.9. The van der Waals surface area contributed by atoms with Gasteiger partial charge in [0, 0.05) is 6.54 Å². The highest BCUT2D eigenvalue weighted by Gasteiger charge is 2.38. The Balaban J connectivity index is 2.52. The van der Waals surface area contributed by atoms with Crippen molar-refractivity contribution in [3.63, 3.8) is 0 Å². The summed E-state index contributed by atoms with van der Waals surface area (Å²) in [5.74, 6) is 0.205. The molecule has 0 aromatic rings. The van der Waals surface area contributed by atoms with Gasteiger partial charge in [-0.05, 0) is 19.3 Å². The summed E-state index contributed by atoms with van der Waals surface area (Å²) < 4.78 is 0. The minimum absolute atomic E-state index is 0.0214. The zero-order chi connectivity index (χ0) is 14.4. The van der Waals surface area contributed by atoms with Gasteiger partial charge in [-0.2, -0.15) is 0 Å². The van der Waals surface area contributed by atoms with Crippen LogP contribution in [0.3, 0.4) is 0 Å². The standard InChI is InChI=1S/C15H28N2O2/c1-5-6-7-8-9-10-17-12(4)14(18)16-13(11(2)3)15(17)19/h11-13H,5-10H2,1-4H3,(H,16,18). The third-order valence-electron chi connectivity index (χ3n) is 3.86. The summed E-state index contributed by atoms with van der Waals surface area (Å²) in [7, 11) is 0. The fourth-order valence-electron chi connectivity index (χ4n) is 2.49. The summed E-state index contributed by atoms with van der Waals surface area (Å²) in [6.07, 6.45) is 5.81. The van der Waals surface area contributed by atoms with Gasteiger partial charge in [0.15, 0.2) is 0 Å². The van der Waals surface area contributed by atoms with Gasteiger partial charge in [-0.1, -0.05) is 46.5 Å². The lowest BCUT2D eigenvalue weighted by Gasteiger charge is -2.38. The quantitative estimate of drug-likeness (QED) is 0.720. The highest BCUT2D eigenvalue weighted by molar-refractivity contribution is 5.96. The molecule has 4 nitrogen and oxygen atoms in total. The van der Waals surface area contributed by atoms with Gasteiger partial charge in [0.2, 0.25) is 11.8 Å². The molecule has 0 bridgehead atoms. The summed E-state index contributed by atoms with van der Waals surface area (Å²) in [5.41, 5.74) is 0.